The summed E-state index contributed by atoms with van der Waals surface area (Å²) in [5.74, 6) is 0.911. The largest absolute Gasteiger partial charge is 0.494 e. The highest BCUT2D eigenvalue weighted by Crippen LogP contribution is 2.13. The predicted molar refractivity (Wildman–Crippen MR) is 87.8 cm³/mol. The van der Waals surface area contributed by atoms with Crippen LogP contribution >= 0.6 is 35.0 Å². The second-order valence-electron chi connectivity index (χ2n) is 3.90. The topological polar surface area (TPSA) is 64.3 Å². The van der Waals surface area contributed by atoms with Crippen LogP contribution in [0.25, 0.3) is 0 Å². The number of hydrogen-bond acceptors (Lipinski definition) is 3. The molecule has 1 rings (SSSR count). The molecule has 0 heterocycles. The molecule has 0 aliphatic carbocycles. The number of hydrogen-bond donors (Lipinski definition) is 2. The van der Waals surface area contributed by atoms with Crippen molar-refractivity contribution in [2.75, 3.05) is 19.7 Å². The SMILES string of the molecule is Cl.NCCCNC(=O)CCCOc1ccc(I)cc1. The fourth-order valence-electron chi connectivity index (χ4n) is 1.37. The van der Waals surface area contributed by atoms with Crippen molar-refractivity contribution in [3.63, 3.8) is 0 Å². The molecule has 0 atom stereocenters. The van der Waals surface area contributed by atoms with Crippen molar-refractivity contribution >= 4 is 40.9 Å². The van der Waals surface area contributed by atoms with Crippen LogP contribution in [0.15, 0.2) is 24.3 Å². The molecule has 6 heteroatoms. The number of rotatable bonds is 8. The van der Waals surface area contributed by atoms with Crippen molar-refractivity contribution in [2.24, 2.45) is 5.73 Å². The molecule has 108 valence electrons. The number of benzene rings is 1. The zero-order valence-electron chi connectivity index (χ0n) is 10.7. The quantitative estimate of drug-likeness (QED) is 0.522. The molecule has 1 amide bonds. The third-order valence-electron chi connectivity index (χ3n) is 2.33. The first-order valence-electron chi connectivity index (χ1n) is 6.07. The molecule has 0 fully saturated rings. The minimum absolute atomic E-state index is 0. The van der Waals surface area contributed by atoms with Gasteiger partial charge in [-0.2, -0.15) is 0 Å². The van der Waals surface area contributed by atoms with Crippen LogP contribution in [-0.2, 0) is 4.79 Å². The Morgan fingerprint density at radius 3 is 2.58 bits per heavy atom. The number of nitrogens with one attached hydrogen (secondary N) is 1. The summed E-state index contributed by atoms with van der Waals surface area (Å²) in [5, 5.41) is 2.81. The normalized spacial score (nSPS) is 9.58. The lowest BCUT2D eigenvalue weighted by molar-refractivity contribution is -0.121. The summed E-state index contributed by atoms with van der Waals surface area (Å²) in [6.45, 7) is 1.83. The second kappa shape index (κ2) is 11.3. The van der Waals surface area contributed by atoms with Gasteiger partial charge in [-0.25, -0.2) is 0 Å². The Hall–Kier alpha value is -0.530. The minimum atomic E-state index is 0. The summed E-state index contributed by atoms with van der Waals surface area (Å²) in [6.07, 6.45) is 2.04. The maximum Gasteiger partial charge on any atom is 0.220 e. The van der Waals surface area contributed by atoms with E-state index in [9.17, 15) is 4.79 Å². The van der Waals surface area contributed by atoms with Gasteiger partial charge in [-0.05, 0) is 66.2 Å². The van der Waals surface area contributed by atoms with Gasteiger partial charge >= 0.3 is 0 Å². The minimum Gasteiger partial charge on any atom is -0.494 e. The fraction of sp³-hybridized carbons (Fsp3) is 0.462. The average Bonchev–Trinajstić information content (AvgIpc) is 2.37. The number of amides is 1. The monoisotopic (exact) mass is 398 g/mol. The van der Waals surface area contributed by atoms with E-state index < -0.39 is 0 Å². The Balaban J connectivity index is 0.00000324. The summed E-state index contributed by atoms with van der Waals surface area (Å²) < 4.78 is 6.71. The molecule has 3 N–H and O–H groups in total. The summed E-state index contributed by atoms with van der Waals surface area (Å²) in [7, 11) is 0. The van der Waals surface area contributed by atoms with Gasteiger partial charge in [0.1, 0.15) is 5.75 Å². The Labute approximate surface area is 134 Å². The molecule has 0 radical (unpaired) electrons. The van der Waals surface area contributed by atoms with E-state index in [2.05, 4.69) is 27.9 Å². The van der Waals surface area contributed by atoms with Crippen molar-refractivity contribution < 1.29 is 9.53 Å². The maximum atomic E-state index is 11.4. The highest BCUT2D eigenvalue weighted by Gasteiger charge is 2.00. The first-order chi connectivity index (χ1) is 8.72. The van der Waals surface area contributed by atoms with Crippen molar-refractivity contribution in [2.45, 2.75) is 19.3 Å². The fourth-order valence-corrected chi connectivity index (χ4v) is 1.73. The average molecular weight is 399 g/mol. The third kappa shape index (κ3) is 9.07. The standard InChI is InChI=1S/C13H19IN2O2.ClH/c14-11-4-6-12(7-5-11)18-10-1-3-13(17)16-9-2-8-15;/h4-7H,1-3,8-10,15H2,(H,16,17);1H. The molecule has 0 bridgehead atoms. The molecule has 0 aliphatic rings. The Morgan fingerprint density at radius 1 is 1.26 bits per heavy atom. The van der Waals surface area contributed by atoms with E-state index in [-0.39, 0.29) is 18.3 Å². The summed E-state index contributed by atoms with van der Waals surface area (Å²) in [6, 6.07) is 7.86. The zero-order chi connectivity index (χ0) is 13.2. The van der Waals surface area contributed by atoms with Gasteiger partial charge in [0.05, 0.1) is 6.61 Å². The van der Waals surface area contributed by atoms with Gasteiger partial charge in [-0.15, -0.1) is 12.4 Å². The molecular weight excluding hydrogens is 379 g/mol. The van der Waals surface area contributed by atoms with E-state index in [1.165, 1.54) is 3.57 Å². The van der Waals surface area contributed by atoms with E-state index in [1.807, 2.05) is 24.3 Å². The first kappa shape index (κ1) is 18.5. The molecule has 0 aliphatic heterocycles. The van der Waals surface area contributed by atoms with Crippen LogP contribution in [0.3, 0.4) is 0 Å². The van der Waals surface area contributed by atoms with Crippen LogP contribution < -0.4 is 15.8 Å². The van der Waals surface area contributed by atoms with Gasteiger partial charge in [0, 0.05) is 16.5 Å². The highest BCUT2D eigenvalue weighted by atomic mass is 127. The molecule has 0 saturated heterocycles. The molecule has 4 nitrogen and oxygen atoms in total. The molecule has 1 aromatic carbocycles. The Kier molecular flexibility index (Phi) is 11.0. The van der Waals surface area contributed by atoms with Crippen LogP contribution in [0, 0.1) is 3.57 Å². The number of nitrogens with two attached hydrogens (primary N) is 1. The molecule has 19 heavy (non-hydrogen) atoms. The van der Waals surface area contributed by atoms with Gasteiger partial charge in [0.2, 0.25) is 5.91 Å². The van der Waals surface area contributed by atoms with Crippen LogP contribution in [0.5, 0.6) is 5.75 Å². The van der Waals surface area contributed by atoms with Gasteiger partial charge in [0.15, 0.2) is 0 Å². The summed E-state index contributed by atoms with van der Waals surface area (Å²) in [4.78, 5) is 11.4. The molecule has 0 spiro atoms. The molecular formula is C13H20ClIN2O2. The summed E-state index contributed by atoms with van der Waals surface area (Å²) >= 11 is 2.25. The third-order valence-corrected chi connectivity index (χ3v) is 3.05. The Morgan fingerprint density at radius 2 is 1.95 bits per heavy atom. The number of carbonyl (C=O) groups excluding carboxylic acids is 1. The van der Waals surface area contributed by atoms with Gasteiger partial charge in [0.25, 0.3) is 0 Å². The zero-order valence-corrected chi connectivity index (χ0v) is 13.7. The van der Waals surface area contributed by atoms with Gasteiger partial charge in [-0.1, -0.05) is 0 Å². The van der Waals surface area contributed by atoms with Crippen LogP contribution in [-0.4, -0.2) is 25.6 Å². The summed E-state index contributed by atoms with van der Waals surface area (Å²) in [5.41, 5.74) is 5.34. The molecule has 0 saturated carbocycles. The number of ether oxygens (including phenoxy) is 1. The van der Waals surface area contributed by atoms with E-state index >= 15 is 0 Å². The van der Waals surface area contributed by atoms with E-state index in [0.717, 1.165) is 18.6 Å². The van der Waals surface area contributed by atoms with E-state index in [4.69, 9.17) is 10.5 Å². The van der Waals surface area contributed by atoms with Crippen LogP contribution in [0.1, 0.15) is 19.3 Å². The van der Waals surface area contributed by atoms with Crippen LogP contribution in [0.4, 0.5) is 0 Å². The lowest BCUT2D eigenvalue weighted by Crippen LogP contribution is -2.26. The lowest BCUT2D eigenvalue weighted by Gasteiger charge is -2.06. The van der Waals surface area contributed by atoms with E-state index in [0.29, 0.717) is 26.1 Å². The molecule has 0 unspecified atom stereocenters. The maximum absolute atomic E-state index is 11.4. The van der Waals surface area contributed by atoms with E-state index in [1.54, 1.807) is 0 Å². The van der Waals surface area contributed by atoms with Crippen molar-refractivity contribution in [1.29, 1.82) is 0 Å². The molecule has 0 aromatic heterocycles. The second-order valence-corrected chi connectivity index (χ2v) is 5.14. The smallest absolute Gasteiger partial charge is 0.220 e. The van der Waals surface area contributed by atoms with Gasteiger partial charge in [-0.3, -0.25) is 4.79 Å². The molecule has 1 aromatic rings. The Bertz CT molecular complexity index is 360. The lowest BCUT2D eigenvalue weighted by atomic mass is 10.3. The number of carbonyl (C=O) groups is 1. The predicted octanol–water partition coefficient (Wildman–Crippen LogP) is 2.34. The highest BCUT2D eigenvalue weighted by molar-refractivity contribution is 14.1. The van der Waals surface area contributed by atoms with Gasteiger partial charge < -0.3 is 15.8 Å². The van der Waals surface area contributed by atoms with Crippen molar-refractivity contribution in [3.05, 3.63) is 27.8 Å². The first-order valence-corrected chi connectivity index (χ1v) is 7.15. The number of halogens is 2. The van der Waals surface area contributed by atoms with Crippen LogP contribution in [0.2, 0.25) is 0 Å². The van der Waals surface area contributed by atoms with Crippen molar-refractivity contribution in [3.8, 4) is 5.75 Å². The van der Waals surface area contributed by atoms with Crippen molar-refractivity contribution in [1.82, 2.24) is 5.32 Å².